The highest BCUT2D eigenvalue weighted by Gasteiger charge is 2.50. The molecule has 5 rings (SSSR count). The van der Waals surface area contributed by atoms with E-state index in [1.165, 1.54) is 31.3 Å². The number of methoxy groups -OCH3 is 2. The second kappa shape index (κ2) is 14.5. The molecule has 3 atom stereocenters. The van der Waals surface area contributed by atoms with E-state index in [2.05, 4.69) is 10.1 Å². The lowest BCUT2D eigenvalue weighted by molar-refractivity contribution is -0.118. The molecule has 2 amide bonds. The summed E-state index contributed by atoms with van der Waals surface area (Å²) in [4.78, 5) is 35.7. The second-order valence-corrected chi connectivity index (χ2v) is 11.4. The number of benzene rings is 2. The van der Waals surface area contributed by atoms with E-state index in [4.69, 9.17) is 14.5 Å². The monoisotopic (exact) mass is 662 g/mol. The lowest BCUT2D eigenvalue weighted by Gasteiger charge is -2.32. The fourth-order valence-electron chi connectivity index (χ4n) is 6.37. The zero-order valence-corrected chi connectivity index (χ0v) is 26.0. The molecule has 3 aromatic rings. The molecule has 9 nitrogen and oxygen atoms in total. The van der Waals surface area contributed by atoms with Crippen molar-refractivity contribution in [3.63, 3.8) is 0 Å². The smallest absolute Gasteiger partial charge is 0.387 e. The molecule has 2 saturated heterocycles. The van der Waals surface area contributed by atoms with E-state index in [0.29, 0.717) is 43.9 Å². The van der Waals surface area contributed by atoms with E-state index in [9.17, 15) is 22.8 Å². The SMILES string of the molecule is COc1cc(C2CCN(CCF)CC2)nc(N2C(=O)[C@@H](NC(=O)c3ccc(OC(F)F)cc3)[C@H](c3c(F)cc(OC)cc3F)[C@@H]2C)c1. The standard InChI is InChI=1S/C33H35F5N4O5/c1-18-28(29-24(35)14-22(45-2)15-25(29)36)30(40-31(43)20-4-6-21(7-5-20)47-33(37)38)32(44)42(18)27-17-23(46-3)16-26(39-27)19-8-11-41(12-9-19)13-10-34/h4-7,14-19,28,30,33H,8-13H2,1-3H3,(H,40,43)/t18-,28-,30-/m0/s1. The van der Waals surface area contributed by atoms with Crippen LogP contribution >= 0.6 is 0 Å². The van der Waals surface area contributed by atoms with Crippen molar-refractivity contribution in [3.8, 4) is 17.2 Å². The first-order valence-electron chi connectivity index (χ1n) is 15.1. The minimum Gasteiger partial charge on any atom is -0.497 e. The Bertz CT molecular complexity index is 1560. The fourth-order valence-corrected chi connectivity index (χ4v) is 6.37. The molecule has 2 aromatic carbocycles. The second-order valence-electron chi connectivity index (χ2n) is 11.4. The minimum atomic E-state index is -3.06. The molecule has 252 valence electrons. The van der Waals surface area contributed by atoms with Gasteiger partial charge in [0, 0.05) is 65.5 Å². The van der Waals surface area contributed by atoms with Crippen LogP contribution in [0.1, 0.15) is 53.2 Å². The van der Waals surface area contributed by atoms with Gasteiger partial charge in [0.2, 0.25) is 0 Å². The normalized spacial score (nSPS) is 20.5. The molecule has 0 spiro atoms. The molecule has 0 radical (unpaired) electrons. The summed E-state index contributed by atoms with van der Waals surface area (Å²) in [5, 5.41) is 2.61. The Hall–Kier alpha value is -4.46. The molecular weight excluding hydrogens is 627 g/mol. The molecule has 2 aliphatic heterocycles. The molecule has 1 N–H and O–H groups in total. The minimum absolute atomic E-state index is 0.000777. The summed E-state index contributed by atoms with van der Waals surface area (Å²) in [6, 6.07) is 7.72. The number of hydrogen-bond acceptors (Lipinski definition) is 7. The van der Waals surface area contributed by atoms with Crippen molar-refractivity contribution < 1.29 is 45.8 Å². The van der Waals surface area contributed by atoms with Gasteiger partial charge in [-0.15, -0.1) is 0 Å². The number of carbonyl (C=O) groups is 2. The van der Waals surface area contributed by atoms with E-state index in [0.717, 1.165) is 24.3 Å². The molecule has 47 heavy (non-hydrogen) atoms. The number of amides is 2. The number of nitrogens with zero attached hydrogens (tertiary/aromatic N) is 3. The first-order valence-corrected chi connectivity index (χ1v) is 15.1. The number of halogens is 5. The molecule has 0 bridgehead atoms. The number of pyridine rings is 1. The van der Waals surface area contributed by atoms with Crippen molar-refractivity contribution in [2.45, 2.75) is 50.3 Å². The van der Waals surface area contributed by atoms with E-state index in [-0.39, 0.29) is 28.8 Å². The highest BCUT2D eigenvalue weighted by Crippen LogP contribution is 2.42. The summed E-state index contributed by atoms with van der Waals surface area (Å²) in [5.74, 6) is -4.29. The molecule has 3 heterocycles. The summed E-state index contributed by atoms with van der Waals surface area (Å²) in [6.07, 6.45) is 1.40. The average Bonchev–Trinajstić information content (AvgIpc) is 3.29. The topological polar surface area (TPSA) is 93.2 Å². The molecule has 1 aromatic heterocycles. The van der Waals surface area contributed by atoms with Gasteiger partial charge < -0.3 is 24.4 Å². The van der Waals surface area contributed by atoms with E-state index in [1.807, 2.05) is 4.90 Å². The van der Waals surface area contributed by atoms with Crippen LogP contribution in [0.3, 0.4) is 0 Å². The number of piperidine rings is 1. The summed E-state index contributed by atoms with van der Waals surface area (Å²) in [5.41, 5.74) is 0.223. The number of rotatable bonds is 11. The summed E-state index contributed by atoms with van der Waals surface area (Å²) in [6.45, 7) is -0.206. The molecule has 0 saturated carbocycles. The Labute approximate surface area is 268 Å². The van der Waals surface area contributed by atoms with Crippen LogP contribution in [0.2, 0.25) is 0 Å². The third-order valence-corrected chi connectivity index (χ3v) is 8.73. The zero-order valence-electron chi connectivity index (χ0n) is 26.0. The number of hydrogen-bond donors (Lipinski definition) is 1. The van der Waals surface area contributed by atoms with Gasteiger partial charge in [-0.3, -0.25) is 14.5 Å². The quantitative estimate of drug-likeness (QED) is 0.273. The Morgan fingerprint density at radius 2 is 1.60 bits per heavy atom. The Balaban J connectivity index is 1.51. The van der Waals surface area contributed by atoms with Gasteiger partial charge in [-0.1, -0.05) is 0 Å². The van der Waals surface area contributed by atoms with Gasteiger partial charge >= 0.3 is 6.61 Å². The predicted octanol–water partition coefficient (Wildman–Crippen LogP) is 5.44. The maximum atomic E-state index is 15.6. The molecule has 0 unspecified atom stereocenters. The largest absolute Gasteiger partial charge is 0.497 e. The molecule has 14 heteroatoms. The van der Waals surface area contributed by atoms with Crippen LogP contribution < -0.4 is 24.4 Å². The van der Waals surface area contributed by atoms with Crippen molar-refractivity contribution in [3.05, 3.63) is 77.0 Å². The number of likely N-dealkylation sites (tertiary alicyclic amines) is 1. The molecule has 0 aliphatic carbocycles. The van der Waals surface area contributed by atoms with Gasteiger partial charge in [0.15, 0.2) is 0 Å². The molecular formula is C33H35F5N4O5. The Kier molecular flexibility index (Phi) is 10.5. The predicted molar refractivity (Wildman–Crippen MR) is 162 cm³/mol. The number of aromatic nitrogens is 1. The molecule has 2 aliphatic rings. The summed E-state index contributed by atoms with van der Waals surface area (Å²) < 4.78 is 84.1. The number of carbonyl (C=O) groups excluding carboxylic acids is 2. The van der Waals surface area contributed by atoms with Crippen LogP contribution in [-0.4, -0.2) is 80.9 Å². The van der Waals surface area contributed by atoms with E-state index in [1.54, 1.807) is 19.1 Å². The number of alkyl halides is 3. The Morgan fingerprint density at radius 3 is 2.17 bits per heavy atom. The molecule has 2 fully saturated rings. The number of nitrogens with one attached hydrogen (secondary N) is 1. The first-order chi connectivity index (χ1) is 22.5. The van der Waals surface area contributed by atoms with E-state index < -0.39 is 60.3 Å². The van der Waals surface area contributed by atoms with Crippen LogP contribution in [0, 0.1) is 11.6 Å². The van der Waals surface area contributed by atoms with Gasteiger partial charge in [0.05, 0.1) is 14.2 Å². The maximum absolute atomic E-state index is 15.6. The fraction of sp³-hybridized carbons (Fsp3) is 0.424. The van der Waals surface area contributed by atoms with Gasteiger partial charge in [-0.05, 0) is 57.1 Å². The zero-order chi connectivity index (χ0) is 33.8. The van der Waals surface area contributed by atoms with Gasteiger partial charge in [-0.2, -0.15) is 8.78 Å². The van der Waals surface area contributed by atoms with Crippen molar-refractivity contribution in [1.29, 1.82) is 0 Å². The highest BCUT2D eigenvalue weighted by atomic mass is 19.3. The summed E-state index contributed by atoms with van der Waals surface area (Å²) >= 11 is 0. The van der Waals surface area contributed by atoms with Crippen LogP contribution in [0.15, 0.2) is 48.5 Å². The number of ether oxygens (including phenoxy) is 3. The van der Waals surface area contributed by atoms with Crippen molar-refractivity contribution in [2.75, 3.05) is 45.4 Å². The third-order valence-electron chi connectivity index (χ3n) is 8.73. The average molecular weight is 663 g/mol. The highest BCUT2D eigenvalue weighted by molar-refractivity contribution is 6.05. The van der Waals surface area contributed by atoms with Crippen molar-refractivity contribution in [1.82, 2.24) is 15.2 Å². The van der Waals surface area contributed by atoms with Crippen LogP contribution in [0.25, 0.3) is 0 Å². The van der Waals surface area contributed by atoms with Crippen molar-refractivity contribution >= 4 is 17.6 Å². The van der Waals surface area contributed by atoms with Crippen LogP contribution in [-0.2, 0) is 4.79 Å². The van der Waals surface area contributed by atoms with Crippen LogP contribution in [0.5, 0.6) is 17.2 Å². The van der Waals surface area contributed by atoms with Crippen LogP contribution in [0.4, 0.5) is 27.8 Å². The lowest BCUT2D eigenvalue weighted by Crippen LogP contribution is -2.44. The summed E-state index contributed by atoms with van der Waals surface area (Å²) in [7, 11) is 2.72. The maximum Gasteiger partial charge on any atom is 0.387 e. The third kappa shape index (κ3) is 7.27. The van der Waals surface area contributed by atoms with Gasteiger partial charge in [-0.25, -0.2) is 18.2 Å². The Morgan fingerprint density at radius 1 is 0.979 bits per heavy atom. The first kappa shape index (κ1) is 33.9. The van der Waals surface area contributed by atoms with Crippen molar-refractivity contribution in [2.24, 2.45) is 0 Å². The lowest BCUT2D eigenvalue weighted by atomic mass is 9.87. The van der Waals surface area contributed by atoms with Gasteiger partial charge in [0.25, 0.3) is 11.8 Å². The number of anilines is 1. The van der Waals surface area contributed by atoms with Gasteiger partial charge in [0.1, 0.15) is 47.4 Å². The van der Waals surface area contributed by atoms with E-state index >= 15 is 8.78 Å².